The van der Waals surface area contributed by atoms with Gasteiger partial charge in [-0.25, -0.2) is 0 Å². The van der Waals surface area contributed by atoms with Crippen LogP contribution < -0.4 is 9.47 Å². The van der Waals surface area contributed by atoms with Crippen molar-refractivity contribution in [1.29, 1.82) is 0 Å². The molecule has 0 amide bonds. The zero-order chi connectivity index (χ0) is 24.6. The summed E-state index contributed by atoms with van der Waals surface area (Å²) in [6, 6.07) is 10.4. The minimum absolute atomic E-state index is 0.0286. The van der Waals surface area contributed by atoms with Crippen molar-refractivity contribution in [3.63, 3.8) is 0 Å². The lowest BCUT2D eigenvalue weighted by molar-refractivity contribution is -0.385. The predicted molar refractivity (Wildman–Crippen MR) is 127 cm³/mol. The van der Waals surface area contributed by atoms with Crippen molar-refractivity contribution in [3.8, 4) is 23.8 Å². The summed E-state index contributed by atoms with van der Waals surface area (Å²) in [5.74, 6) is 3.68. The van der Waals surface area contributed by atoms with Crippen LogP contribution >= 0.6 is 0 Å². The molecule has 0 spiro atoms. The summed E-state index contributed by atoms with van der Waals surface area (Å²) in [6.07, 6.45) is 13.5. The predicted octanol–water partition coefficient (Wildman–Crippen LogP) is 6.33. The van der Waals surface area contributed by atoms with E-state index in [4.69, 9.17) is 15.9 Å². The quantitative estimate of drug-likeness (QED) is 0.305. The van der Waals surface area contributed by atoms with Gasteiger partial charge >= 0.3 is 0 Å². The molecular weight excluding hydrogens is 424 g/mol. The van der Waals surface area contributed by atoms with Crippen LogP contribution in [-0.4, -0.2) is 21.0 Å². The Bertz CT molecular complexity index is 1060. The van der Waals surface area contributed by atoms with Gasteiger partial charge in [0, 0.05) is 29.8 Å². The highest BCUT2D eigenvalue weighted by atomic mass is 16.6. The van der Waals surface area contributed by atoms with Crippen molar-refractivity contribution in [1.82, 2.24) is 0 Å². The second-order valence-electron chi connectivity index (χ2n) is 8.59. The van der Waals surface area contributed by atoms with E-state index >= 15 is 0 Å². The van der Waals surface area contributed by atoms with Crippen LogP contribution in [0.2, 0.25) is 0 Å². The number of hydrogen-bond donors (Lipinski definition) is 0. The van der Waals surface area contributed by atoms with Gasteiger partial charge in [-0.15, -0.1) is 6.42 Å². The van der Waals surface area contributed by atoms with E-state index in [1.807, 2.05) is 26.0 Å². The molecule has 0 atom stereocenters. The molecule has 0 unspecified atom stereocenters. The summed E-state index contributed by atoms with van der Waals surface area (Å²) in [4.78, 5) is 20.1. The highest BCUT2D eigenvalue weighted by molar-refractivity contribution is 5.63. The molecule has 4 rings (SSSR count). The highest BCUT2D eigenvalue weighted by Gasteiger charge is 2.22. The molecule has 2 aromatic carbocycles. The SMILES string of the molecule is C#CC(C)(C)Oc1ccc([N+](=O)[O-])cc1.C1CC1.CC1(C)C=Cc2cc([N+](=O)[O-])ccc2O1. The Hall–Kier alpha value is -3.86. The monoisotopic (exact) mass is 452 g/mol. The largest absolute Gasteiger partial charge is 0.483 e. The summed E-state index contributed by atoms with van der Waals surface area (Å²) in [7, 11) is 0. The summed E-state index contributed by atoms with van der Waals surface area (Å²) in [5, 5.41) is 20.9. The van der Waals surface area contributed by atoms with Crippen LogP contribution in [0, 0.1) is 32.6 Å². The molecule has 0 saturated heterocycles. The van der Waals surface area contributed by atoms with E-state index in [-0.39, 0.29) is 17.0 Å². The summed E-state index contributed by atoms with van der Waals surface area (Å²) in [6.45, 7) is 7.37. The first kappa shape index (κ1) is 25.4. The van der Waals surface area contributed by atoms with Gasteiger partial charge in [0.1, 0.15) is 17.1 Å². The molecule has 1 heterocycles. The lowest BCUT2D eigenvalue weighted by Crippen LogP contribution is -2.27. The number of fused-ring (bicyclic) bond motifs is 1. The van der Waals surface area contributed by atoms with E-state index in [1.165, 1.54) is 55.7 Å². The maximum absolute atomic E-state index is 10.6. The highest BCUT2D eigenvalue weighted by Crippen LogP contribution is 2.33. The maximum atomic E-state index is 10.6. The Balaban J connectivity index is 0.000000207. The third-order valence-electron chi connectivity index (χ3n) is 4.36. The number of hydrogen-bond acceptors (Lipinski definition) is 6. The van der Waals surface area contributed by atoms with Crippen molar-refractivity contribution in [2.24, 2.45) is 0 Å². The summed E-state index contributed by atoms with van der Waals surface area (Å²) in [5.41, 5.74) is -0.190. The Kier molecular flexibility index (Phi) is 8.19. The van der Waals surface area contributed by atoms with Crippen molar-refractivity contribution in [3.05, 3.63) is 74.3 Å². The topological polar surface area (TPSA) is 105 Å². The van der Waals surface area contributed by atoms with Crippen LogP contribution in [0.3, 0.4) is 0 Å². The van der Waals surface area contributed by atoms with Crippen molar-refractivity contribution in [2.75, 3.05) is 0 Å². The van der Waals surface area contributed by atoms with Crippen molar-refractivity contribution in [2.45, 2.75) is 58.2 Å². The Labute approximate surface area is 193 Å². The van der Waals surface area contributed by atoms with Gasteiger partial charge < -0.3 is 9.47 Å². The number of nitro groups is 2. The van der Waals surface area contributed by atoms with Crippen LogP contribution in [0.1, 0.15) is 52.5 Å². The van der Waals surface area contributed by atoms with E-state index in [2.05, 4.69) is 5.92 Å². The molecule has 1 aliphatic heterocycles. The lowest BCUT2D eigenvalue weighted by atomic mass is 10.0. The first-order valence-corrected chi connectivity index (χ1v) is 10.5. The summed E-state index contributed by atoms with van der Waals surface area (Å²) < 4.78 is 11.1. The molecule has 8 heteroatoms. The first-order chi connectivity index (χ1) is 15.4. The number of benzene rings is 2. The molecule has 33 heavy (non-hydrogen) atoms. The molecule has 0 N–H and O–H groups in total. The zero-order valence-electron chi connectivity index (χ0n) is 19.2. The molecular formula is C25H28N2O6. The minimum Gasteiger partial charge on any atom is -0.483 e. The number of non-ortho nitro benzene ring substituents is 2. The Morgan fingerprint density at radius 2 is 1.55 bits per heavy atom. The molecule has 2 aromatic rings. The average Bonchev–Trinajstić information content (AvgIpc) is 3.63. The van der Waals surface area contributed by atoms with Gasteiger partial charge in [-0.1, -0.05) is 31.3 Å². The van der Waals surface area contributed by atoms with E-state index < -0.39 is 15.4 Å². The van der Waals surface area contributed by atoms with Gasteiger partial charge in [-0.05, 0) is 52.0 Å². The van der Waals surface area contributed by atoms with E-state index in [0.717, 1.165) is 5.56 Å². The fraction of sp³-hybridized carbons (Fsp3) is 0.360. The van der Waals surface area contributed by atoms with Crippen LogP contribution in [0.15, 0.2) is 48.5 Å². The molecule has 0 aromatic heterocycles. The van der Waals surface area contributed by atoms with Crippen LogP contribution in [0.25, 0.3) is 6.08 Å². The minimum atomic E-state index is -0.712. The first-order valence-electron chi connectivity index (χ1n) is 10.5. The zero-order valence-corrected chi connectivity index (χ0v) is 19.2. The molecule has 8 nitrogen and oxygen atoms in total. The molecule has 0 radical (unpaired) electrons. The van der Waals surface area contributed by atoms with Crippen molar-refractivity contribution < 1.29 is 19.3 Å². The van der Waals surface area contributed by atoms with Crippen LogP contribution in [-0.2, 0) is 0 Å². The van der Waals surface area contributed by atoms with Crippen LogP contribution in [0.5, 0.6) is 11.5 Å². The fourth-order valence-corrected chi connectivity index (χ4v) is 2.44. The smallest absolute Gasteiger partial charge is 0.270 e. The van der Waals surface area contributed by atoms with Gasteiger partial charge in [-0.3, -0.25) is 20.2 Å². The molecule has 174 valence electrons. The Morgan fingerprint density at radius 1 is 1.00 bits per heavy atom. The third kappa shape index (κ3) is 8.65. The number of ether oxygens (including phenoxy) is 2. The lowest BCUT2D eigenvalue weighted by Gasteiger charge is -2.27. The fourth-order valence-electron chi connectivity index (χ4n) is 2.44. The van der Waals surface area contributed by atoms with Gasteiger partial charge in [0.25, 0.3) is 11.4 Å². The van der Waals surface area contributed by atoms with E-state index in [0.29, 0.717) is 11.5 Å². The normalized spacial score (nSPS) is 14.5. The average molecular weight is 453 g/mol. The molecule has 1 saturated carbocycles. The number of nitro benzene ring substituents is 2. The molecule has 2 aliphatic rings. The van der Waals surface area contributed by atoms with Gasteiger partial charge in [0.05, 0.1) is 9.85 Å². The second kappa shape index (κ2) is 10.6. The van der Waals surface area contributed by atoms with Crippen LogP contribution in [0.4, 0.5) is 11.4 Å². The van der Waals surface area contributed by atoms with Crippen molar-refractivity contribution >= 4 is 17.5 Å². The van der Waals surface area contributed by atoms with E-state index in [9.17, 15) is 20.2 Å². The van der Waals surface area contributed by atoms with E-state index in [1.54, 1.807) is 19.9 Å². The number of rotatable bonds is 4. The molecule has 0 bridgehead atoms. The molecule has 1 fully saturated rings. The standard InChI is InChI=1S/2C11H11NO3.C3H6/c1-11(2)6-5-8-7-9(12(13)14)3-4-10(8)15-11;1-4-11(2,3)15-10-7-5-9(6-8-10)12(13)14;1-2-3-1/h3-7H,1-2H3;1,5-8H,2-3H3;1-3H2. The maximum Gasteiger partial charge on any atom is 0.270 e. The van der Waals surface area contributed by atoms with Gasteiger partial charge in [0.15, 0.2) is 5.60 Å². The third-order valence-corrected chi connectivity index (χ3v) is 4.36. The summed E-state index contributed by atoms with van der Waals surface area (Å²) >= 11 is 0. The molecule has 1 aliphatic carbocycles. The number of terminal acetylenes is 1. The second-order valence-corrected chi connectivity index (χ2v) is 8.59. The van der Waals surface area contributed by atoms with Gasteiger partial charge in [-0.2, -0.15) is 0 Å². The van der Waals surface area contributed by atoms with Gasteiger partial charge in [0.2, 0.25) is 0 Å². The number of nitrogens with zero attached hydrogens (tertiary/aromatic N) is 2. The Morgan fingerprint density at radius 3 is 2.03 bits per heavy atom.